The fourth-order valence-corrected chi connectivity index (χ4v) is 4.56. The molecule has 1 aliphatic heterocycles. The van der Waals surface area contributed by atoms with Crippen molar-refractivity contribution in [1.29, 1.82) is 0 Å². The predicted molar refractivity (Wildman–Crippen MR) is 103 cm³/mol. The molecule has 0 aromatic heterocycles. The van der Waals surface area contributed by atoms with E-state index in [1.54, 1.807) is 0 Å². The Bertz CT molecular complexity index is 592. The Morgan fingerprint density at radius 1 is 1.19 bits per heavy atom. The number of halogens is 1. The van der Waals surface area contributed by atoms with Gasteiger partial charge in [0.1, 0.15) is 5.82 Å². The van der Waals surface area contributed by atoms with Crippen LogP contribution in [-0.2, 0) is 9.53 Å². The van der Waals surface area contributed by atoms with Gasteiger partial charge in [-0.05, 0) is 55.2 Å². The van der Waals surface area contributed by atoms with E-state index in [1.807, 2.05) is 12.1 Å². The van der Waals surface area contributed by atoms with Gasteiger partial charge in [-0.3, -0.25) is 4.79 Å². The maximum absolute atomic E-state index is 13.3. The summed E-state index contributed by atoms with van der Waals surface area (Å²) < 4.78 is 18.7. The van der Waals surface area contributed by atoms with E-state index in [0.717, 1.165) is 31.2 Å². The molecule has 27 heavy (non-hydrogen) atoms. The molecule has 1 atom stereocenters. The molecular weight excluding hydrogens is 345 g/mol. The number of amides is 1. The van der Waals surface area contributed by atoms with Crippen molar-refractivity contribution >= 4 is 5.91 Å². The largest absolute Gasteiger partial charge is 0.396 e. The molecule has 4 nitrogen and oxygen atoms in total. The summed E-state index contributed by atoms with van der Waals surface area (Å²) in [5, 5.41) is 12.9. The maximum Gasteiger partial charge on any atom is 0.220 e. The lowest BCUT2D eigenvalue weighted by Gasteiger charge is -2.36. The number of nitrogens with one attached hydrogen (secondary N) is 1. The van der Waals surface area contributed by atoms with Crippen LogP contribution in [0.1, 0.15) is 62.8 Å². The third-order valence-corrected chi connectivity index (χ3v) is 6.47. The number of carbonyl (C=O) groups excluding carboxylic acids is 1. The summed E-state index contributed by atoms with van der Waals surface area (Å²) in [4.78, 5) is 12.7. The highest BCUT2D eigenvalue weighted by Gasteiger charge is 2.33. The van der Waals surface area contributed by atoms with Gasteiger partial charge in [0, 0.05) is 31.6 Å². The van der Waals surface area contributed by atoms with Crippen LogP contribution in [0.25, 0.3) is 0 Å². The molecule has 1 saturated heterocycles. The maximum atomic E-state index is 13.3. The molecular formula is C22H32FNO3. The lowest BCUT2D eigenvalue weighted by molar-refractivity contribution is -0.123. The second kappa shape index (κ2) is 9.65. The second-order valence-corrected chi connectivity index (χ2v) is 8.31. The average molecular weight is 378 g/mol. The molecule has 150 valence electrons. The van der Waals surface area contributed by atoms with Crippen LogP contribution in [-0.4, -0.2) is 37.4 Å². The van der Waals surface area contributed by atoms with Gasteiger partial charge < -0.3 is 15.2 Å². The summed E-state index contributed by atoms with van der Waals surface area (Å²) in [7, 11) is 0. The minimum atomic E-state index is -0.260. The predicted octanol–water partition coefficient (Wildman–Crippen LogP) is 3.79. The molecule has 0 bridgehead atoms. The zero-order valence-corrected chi connectivity index (χ0v) is 16.1. The molecule has 2 fully saturated rings. The van der Waals surface area contributed by atoms with Crippen LogP contribution in [0.15, 0.2) is 24.3 Å². The first kappa shape index (κ1) is 20.3. The summed E-state index contributed by atoms with van der Waals surface area (Å²) in [6, 6.07) is 6.64. The van der Waals surface area contributed by atoms with Crippen molar-refractivity contribution in [3.05, 3.63) is 35.6 Å². The van der Waals surface area contributed by atoms with Gasteiger partial charge in [-0.15, -0.1) is 0 Å². The van der Waals surface area contributed by atoms with Gasteiger partial charge >= 0.3 is 0 Å². The van der Waals surface area contributed by atoms with Crippen molar-refractivity contribution in [3.8, 4) is 0 Å². The van der Waals surface area contributed by atoms with Gasteiger partial charge in [-0.1, -0.05) is 31.4 Å². The normalized spacial score (nSPS) is 21.6. The first-order valence-electron chi connectivity index (χ1n) is 10.3. The minimum Gasteiger partial charge on any atom is -0.396 e. The molecule has 1 amide bonds. The van der Waals surface area contributed by atoms with E-state index in [2.05, 4.69) is 5.32 Å². The highest BCUT2D eigenvalue weighted by atomic mass is 19.1. The Morgan fingerprint density at radius 3 is 2.48 bits per heavy atom. The molecule has 2 aliphatic rings. The summed E-state index contributed by atoms with van der Waals surface area (Å²) in [6.07, 6.45) is 7.91. The minimum absolute atomic E-state index is 0.0224. The Labute approximate surface area is 161 Å². The number of hydrogen-bond donors (Lipinski definition) is 2. The summed E-state index contributed by atoms with van der Waals surface area (Å²) >= 11 is 0. The molecule has 1 heterocycles. The van der Waals surface area contributed by atoms with Crippen molar-refractivity contribution in [1.82, 2.24) is 5.32 Å². The lowest BCUT2D eigenvalue weighted by Crippen LogP contribution is -2.44. The Morgan fingerprint density at radius 2 is 1.85 bits per heavy atom. The van der Waals surface area contributed by atoms with E-state index in [4.69, 9.17) is 4.74 Å². The molecule has 1 unspecified atom stereocenters. The number of rotatable bonds is 7. The lowest BCUT2D eigenvalue weighted by atomic mass is 9.75. The third-order valence-electron chi connectivity index (χ3n) is 6.47. The van der Waals surface area contributed by atoms with E-state index < -0.39 is 0 Å². The molecule has 1 aromatic rings. The third kappa shape index (κ3) is 5.52. The highest BCUT2D eigenvalue weighted by molar-refractivity contribution is 5.77. The summed E-state index contributed by atoms with van der Waals surface area (Å²) in [5.74, 6) is 0.389. The summed E-state index contributed by atoms with van der Waals surface area (Å²) in [5.41, 5.74) is 0.797. The monoisotopic (exact) mass is 377 g/mol. The van der Waals surface area contributed by atoms with Crippen molar-refractivity contribution in [2.45, 2.75) is 57.3 Å². The Hall–Kier alpha value is -1.46. The fourth-order valence-electron chi connectivity index (χ4n) is 4.56. The second-order valence-electron chi connectivity index (χ2n) is 8.31. The van der Waals surface area contributed by atoms with E-state index in [1.165, 1.54) is 31.4 Å². The molecule has 0 radical (unpaired) electrons. The average Bonchev–Trinajstić information content (AvgIpc) is 2.73. The zero-order chi connectivity index (χ0) is 19.1. The van der Waals surface area contributed by atoms with Gasteiger partial charge in [0.25, 0.3) is 0 Å². The number of aliphatic hydroxyl groups excluding tert-OH is 1. The van der Waals surface area contributed by atoms with Crippen LogP contribution in [0.2, 0.25) is 0 Å². The number of ether oxygens (including phenoxy) is 1. The van der Waals surface area contributed by atoms with Crippen molar-refractivity contribution in [3.63, 3.8) is 0 Å². The van der Waals surface area contributed by atoms with Gasteiger partial charge in [0.05, 0.1) is 6.61 Å². The standard InChI is InChI=1S/C22H32FNO3/c23-19-8-6-18(7-9-19)20(17-4-2-1-3-5-17)14-21(26)24-15-22(16-25)10-12-27-13-11-22/h6-9,17,20,25H,1-5,10-16H2,(H,24,26). The van der Waals surface area contributed by atoms with E-state index in [-0.39, 0.29) is 29.7 Å². The van der Waals surface area contributed by atoms with Gasteiger partial charge in [-0.25, -0.2) is 4.39 Å². The van der Waals surface area contributed by atoms with Crippen LogP contribution in [0.4, 0.5) is 4.39 Å². The van der Waals surface area contributed by atoms with Crippen LogP contribution in [0.3, 0.4) is 0 Å². The van der Waals surface area contributed by atoms with Crippen LogP contribution in [0, 0.1) is 17.2 Å². The molecule has 2 N–H and O–H groups in total. The topological polar surface area (TPSA) is 58.6 Å². The van der Waals surface area contributed by atoms with Gasteiger partial charge in [0.2, 0.25) is 5.91 Å². The number of carbonyl (C=O) groups is 1. The van der Waals surface area contributed by atoms with Gasteiger partial charge in [-0.2, -0.15) is 0 Å². The van der Waals surface area contributed by atoms with Crippen LogP contribution in [0.5, 0.6) is 0 Å². The number of aliphatic hydroxyl groups is 1. The first-order valence-corrected chi connectivity index (χ1v) is 10.3. The molecule has 0 spiro atoms. The molecule has 5 heteroatoms. The van der Waals surface area contributed by atoms with Crippen LogP contribution < -0.4 is 5.32 Å². The summed E-state index contributed by atoms with van der Waals surface area (Å²) in [6.45, 7) is 1.83. The molecule has 1 aromatic carbocycles. The quantitative estimate of drug-likeness (QED) is 0.760. The Kier molecular flexibility index (Phi) is 7.25. The fraction of sp³-hybridized carbons (Fsp3) is 0.682. The molecule has 1 aliphatic carbocycles. The zero-order valence-electron chi connectivity index (χ0n) is 16.1. The number of benzene rings is 1. The van der Waals surface area contributed by atoms with Crippen molar-refractivity contribution in [2.24, 2.45) is 11.3 Å². The van der Waals surface area contributed by atoms with Crippen LogP contribution >= 0.6 is 0 Å². The smallest absolute Gasteiger partial charge is 0.220 e. The first-order chi connectivity index (χ1) is 13.1. The molecule has 3 rings (SSSR count). The number of hydrogen-bond acceptors (Lipinski definition) is 3. The van der Waals surface area contributed by atoms with Crippen molar-refractivity contribution in [2.75, 3.05) is 26.4 Å². The molecule has 1 saturated carbocycles. The van der Waals surface area contributed by atoms with E-state index in [9.17, 15) is 14.3 Å². The van der Waals surface area contributed by atoms with E-state index in [0.29, 0.717) is 32.1 Å². The van der Waals surface area contributed by atoms with Crippen molar-refractivity contribution < 1.29 is 19.0 Å². The van der Waals surface area contributed by atoms with E-state index >= 15 is 0 Å². The SMILES string of the molecule is O=C(CC(c1ccc(F)cc1)C1CCCCC1)NCC1(CO)CCOCC1. The highest BCUT2D eigenvalue weighted by Crippen LogP contribution is 2.38. The van der Waals surface area contributed by atoms with Gasteiger partial charge in [0.15, 0.2) is 0 Å². The Balaban J connectivity index is 1.63.